The van der Waals surface area contributed by atoms with E-state index in [1.54, 1.807) is 0 Å². The second-order valence-corrected chi connectivity index (χ2v) is 5.56. The second-order valence-electron chi connectivity index (χ2n) is 5.56. The maximum absolute atomic E-state index is 11.1. The van der Waals surface area contributed by atoms with Crippen LogP contribution in [0, 0.1) is 12.3 Å². The average Bonchev–Trinajstić information content (AvgIpc) is 2.73. The minimum absolute atomic E-state index is 0.594. The Morgan fingerprint density at radius 3 is 2.95 bits per heavy atom. The van der Waals surface area contributed by atoms with Crippen molar-refractivity contribution >= 4 is 5.97 Å². The molecule has 4 nitrogen and oxygen atoms in total. The van der Waals surface area contributed by atoms with E-state index >= 15 is 0 Å². The van der Waals surface area contributed by atoms with E-state index in [4.69, 9.17) is 9.84 Å². The molecule has 1 atom stereocenters. The molecule has 104 valence electrons. The molecule has 4 heteroatoms. The quantitative estimate of drug-likeness (QED) is 0.884. The summed E-state index contributed by atoms with van der Waals surface area (Å²) in [6.45, 7) is 6.66. The summed E-state index contributed by atoms with van der Waals surface area (Å²) in [5.74, 6) is 0.176. The van der Waals surface area contributed by atoms with Crippen LogP contribution in [-0.2, 0) is 4.79 Å². The van der Waals surface area contributed by atoms with Crippen molar-refractivity contribution in [1.29, 1.82) is 0 Å². The van der Waals surface area contributed by atoms with E-state index in [1.807, 2.05) is 38.1 Å². The predicted molar refractivity (Wildman–Crippen MR) is 73.5 cm³/mol. The van der Waals surface area contributed by atoms with Crippen molar-refractivity contribution in [3.05, 3.63) is 29.8 Å². The highest BCUT2D eigenvalue weighted by atomic mass is 16.5. The Bertz CT molecular complexity index is 460. The number of aliphatic carboxylic acids is 1. The molecule has 1 heterocycles. The molecule has 1 aromatic carbocycles. The third-order valence-corrected chi connectivity index (χ3v) is 3.73. The number of carboxylic acids is 1. The predicted octanol–water partition coefficient (Wildman–Crippen LogP) is 2.17. The first-order valence-corrected chi connectivity index (χ1v) is 6.65. The van der Waals surface area contributed by atoms with Crippen LogP contribution in [0.4, 0.5) is 0 Å². The highest BCUT2D eigenvalue weighted by Crippen LogP contribution is 2.29. The van der Waals surface area contributed by atoms with Gasteiger partial charge in [0, 0.05) is 13.1 Å². The fraction of sp³-hybridized carbons (Fsp3) is 0.533. The molecule has 1 saturated heterocycles. The molecule has 2 rings (SSSR count). The lowest BCUT2D eigenvalue weighted by Crippen LogP contribution is -2.33. The molecule has 0 saturated carbocycles. The zero-order valence-corrected chi connectivity index (χ0v) is 11.6. The number of carboxylic acid groups (broad SMARTS) is 1. The fourth-order valence-electron chi connectivity index (χ4n) is 2.42. The fourth-order valence-corrected chi connectivity index (χ4v) is 2.42. The molecule has 0 spiro atoms. The highest BCUT2D eigenvalue weighted by Gasteiger charge is 2.40. The molecule has 1 fully saturated rings. The van der Waals surface area contributed by atoms with Crippen molar-refractivity contribution in [2.24, 2.45) is 5.41 Å². The molecular formula is C15H21NO3. The first kappa shape index (κ1) is 13.9. The molecule has 1 aromatic rings. The van der Waals surface area contributed by atoms with E-state index in [0.29, 0.717) is 19.6 Å². The zero-order chi connectivity index (χ0) is 13.9. The molecule has 19 heavy (non-hydrogen) atoms. The van der Waals surface area contributed by atoms with Crippen LogP contribution in [-0.4, -0.2) is 42.2 Å². The van der Waals surface area contributed by atoms with E-state index in [0.717, 1.165) is 18.8 Å². The third-order valence-electron chi connectivity index (χ3n) is 3.73. The summed E-state index contributed by atoms with van der Waals surface area (Å²) >= 11 is 0. The van der Waals surface area contributed by atoms with Gasteiger partial charge in [-0.25, -0.2) is 0 Å². The Morgan fingerprint density at radius 1 is 1.53 bits per heavy atom. The molecule has 0 aromatic heterocycles. The molecule has 0 bridgehead atoms. The molecule has 0 radical (unpaired) electrons. The minimum atomic E-state index is -0.699. The van der Waals surface area contributed by atoms with Gasteiger partial charge in [-0.05, 0) is 44.5 Å². The number of benzene rings is 1. The molecular weight excluding hydrogens is 242 g/mol. The maximum Gasteiger partial charge on any atom is 0.310 e. The van der Waals surface area contributed by atoms with Crippen molar-refractivity contribution < 1.29 is 14.6 Å². The number of hydrogen-bond donors (Lipinski definition) is 1. The van der Waals surface area contributed by atoms with Crippen molar-refractivity contribution in [3.63, 3.8) is 0 Å². The Morgan fingerprint density at radius 2 is 2.32 bits per heavy atom. The largest absolute Gasteiger partial charge is 0.492 e. The van der Waals surface area contributed by atoms with Crippen molar-refractivity contribution in [3.8, 4) is 5.75 Å². The Balaban J connectivity index is 1.77. The van der Waals surface area contributed by atoms with E-state index in [-0.39, 0.29) is 0 Å². The van der Waals surface area contributed by atoms with Crippen LogP contribution in [0.5, 0.6) is 5.75 Å². The summed E-state index contributed by atoms with van der Waals surface area (Å²) in [6, 6.07) is 7.96. The number of hydrogen-bond acceptors (Lipinski definition) is 3. The van der Waals surface area contributed by atoms with Crippen LogP contribution in [0.1, 0.15) is 18.9 Å². The van der Waals surface area contributed by atoms with Gasteiger partial charge in [-0.2, -0.15) is 0 Å². The summed E-state index contributed by atoms with van der Waals surface area (Å²) in [4.78, 5) is 13.3. The van der Waals surface area contributed by atoms with Gasteiger partial charge in [0.2, 0.25) is 0 Å². The van der Waals surface area contributed by atoms with Gasteiger partial charge in [0.05, 0.1) is 5.41 Å². The smallest absolute Gasteiger partial charge is 0.310 e. The summed E-state index contributed by atoms with van der Waals surface area (Å²) in [5.41, 5.74) is 0.584. The topological polar surface area (TPSA) is 49.8 Å². The number of nitrogens with zero attached hydrogens (tertiary/aromatic N) is 1. The number of ether oxygens (including phenoxy) is 1. The van der Waals surface area contributed by atoms with Crippen molar-refractivity contribution in [2.75, 3.05) is 26.2 Å². The Kier molecular flexibility index (Phi) is 4.10. The first-order valence-electron chi connectivity index (χ1n) is 6.65. The van der Waals surface area contributed by atoms with Gasteiger partial charge in [0.25, 0.3) is 0 Å². The van der Waals surface area contributed by atoms with Gasteiger partial charge < -0.3 is 9.84 Å². The average molecular weight is 263 g/mol. The molecule has 1 aliphatic rings. The van der Waals surface area contributed by atoms with Gasteiger partial charge in [-0.1, -0.05) is 12.1 Å². The van der Waals surface area contributed by atoms with Gasteiger partial charge >= 0.3 is 5.97 Å². The number of carbonyl (C=O) groups is 1. The van der Waals surface area contributed by atoms with Crippen LogP contribution in [0.2, 0.25) is 0 Å². The van der Waals surface area contributed by atoms with Crippen molar-refractivity contribution in [1.82, 2.24) is 4.90 Å². The summed E-state index contributed by atoms with van der Waals surface area (Å²) in [7, 11) is 0. The van der Waals surface area contributed by atoms with Gasteiger partial charge in [0.15, 0.2) is 0 Å². The van der Waals surface area contributed by atoms with E-state index in [2.05, 4.69) is 4.90 Å². The lowest BCUT2D eigenvalue weighted by molar-refractivity contribution is -0.147. The van der Waals surface area contributed by atoms with Crippen LogP contribution >= 0.6 is 0 Å². The number of aryl methyl sites for hydroxylation is 1. The van der Waals surface area contributed by atoms with E-state index in [1.165, 1.54) is 5.56 Å². The summed E-state index contributed by atoms with van der Waals surface area (Å²) in [5, 5.41) is 9.17. The molecule has 0 amide bonds. The first-order chi connectivity index (χ1) is 8.99. The van der Waals surface area contributed by atoms with Crippen molar-refractivity contribution in [2.45, 2.75) is 20.3 Å². The van der Waals surface area contributed by atoms with E-state index < -0.39 is 11.4 Å². The number of likely N-dealkylation sites (tertiary alicyclic amines) is 1. The second kappa shape index (κ2) is 5.61. The van der Waals surface area contributed by atoms with E-state index in [9.17, 15) is 4.79 Å². The van der Waals surface area contributed by atoms with Crippen LogP contribution < -0.4 is 4.74 Å². The third kappa shape index (κ3) is 3.47. The summed E-state index contributed by atoms with van der Waals surface area (Å²) in [6.07, 6.45) is 0.715. The lowest BCUT2D eigenvalue weighted by atomic mass is 9.90. The maximum atomic E-state index is 11.1. The Hall–Kier alpha value is -1.55. The van der Waals surface area contributed by atoms with Crippen LogP contribution in [0.15, 0.2) is 24.3 Å². The van der Waals surface area contributed by atoms with Gasteiger partial charge in [-0.15, -0.1) is 0 Å². The SMILES string of the molecule is Cc1cccc(OCCN2CCC(C)(C(=O)O)C2)c1. The molecule has 1 N–H and O–H groups in total. The van der Waals surface area contributed by atoms with Crippen LogP contribution in [0.3, 0.4) is 0 Å². The molecule has 1 aliphatic heterocycles. The number of rotatable bonds is 5. The normalized spacial score (nSPS) is 23.5. The van der Waals surface area contributed by atoms with Gasteiger partial charge in [-0.3, -0.25) is 9.69 Å². The minimum Gasteiger partial charge on any atom is -0.492 e. The molecule has 1 unspecified atom stereocenters. The zero-order valence-electron chi connectivity index (χ0n) is 11.6. The van der Waals surface area contributed by atoms with Gasteiger partial charge in [0.1, 0.15) is 12.4 Å². The van der Waals surface area contributed by atoms with Crippen LogP contribution in [0.25, 0.3) is 0 Å². The molecule has 0 aliphatic carbocycles. The highest BCUT2D eigenvalue weighted by molar-refractivity contribution is 5.74. The summed E-state index contributed by atoms with van der Waals surface area (Å²) < 4.78 is 5.69. The monoisotopic (exact) mass is 263 g/mol. The Labute approximate surface area is 114 Å². The standard InChI is InChI=1S/C15H21NO3/c1-12-4-3-5-13(10-12)19-9-8-16-7-6-15(2,11-16)14(17)18/h3-5,10H,6-9,11H2,1-2H3,(H,17,18). The lowest BCUT2D eigenvalue weighted by Gasteiger charge is -2.20.